The van der Waals surface area contributed by atoms with Gasteiger partial charge in [-0.3, -0.25) is 4.79 Å². The fourth-order valence-electron chi connectivity index (χ4n) is 2.26. The van der Waals surface area contributed by atoms with Crippen molar-refractivity contribution in [3.63, 3.8) is 0 Å². The Hall–Kier alpha value is -2.75. The third kappa shape index (κ3) is 5.38. The first-order chi connectivity index (χ1) is 12.0. The highest BCUT2D eigenvalue weighted by molar-refractivity contribution is 6.08. The molecule has 0 atom stereocenters. The molecule has 1 N–H and O–H groups in total. The summed E-state index contributed by atoms with van der Waals surface area (Å²) in [7, 11) is 1.59. The number of ether oxygens (including phenoxy) is 2. The van der Waals surface area contributed by atoms with Crippen molar-refractivity contribution in [2.75, 3.05) is 13.7 Å². The largest absolute Gasteiger partial charge is 0.507 e. The Kier molecular flexibility index (Phi) is 6.63. The monoisotopic (exact) mass is 340 g/mol. The maximum Gasteiger partial charge on any atom is 0.189 e. The maximum atomic E-state index is 12.2. The molecule has 2 rings (SSSR count). The van der Waals surface area contributed by atoms with E-state index < -0.39 is 0 Å². The first kappa shape index (κ1) is 18.6. The molecule has 25 heavy (non-hydrogen) atoms. The van der Waals surface area contributed by atoms with E-state index >= 15 is 0 Å². The standard InChI is InChI=1S/C21H24O4/c1-15(2)12-13-25-20-11-9-16(14-21(20)24-3)8-10-19(23)17-6-4-5-7-18(17)22/h4-11,14-15,22H,12-13H2,1-3H3. The Labute approximate surface area is 148 Å². The van der Waals surface area contributed by atoms with E-state index in [1.807, 2.05) is 18.2 Å². The summed E-state index contributed by atoms with van der Waals surface area (Å²) >= 11 is 0. The number of phenols is 1. The highest BCUT2D eigenvalue weighted by atomic mass is 16.5. The second-order valence-electron chi connectivity index (χ2n) is 6.16. The number of phenolic OH excluding ortho intramolecular Hbond substituents is 1. The van der Waals surface area contributed by atoms with Crippen LogP contribution in [-0.2, 0) is 0 Å². The van der Waals surface area contributed by atoms with Gasteiger partial charge in [0.1, 0.15) is 5.75 Å². The molecule has 0 saturated carbocycles. The van der Waals surface area contributed by atoms with Gasteiger partial charge in [0.15, 0.2) is 17.3 Å². The van der Waals surface area contributed by atoms with E-state index in [9.17, 15) is 9.90 Å². The number of hydrogen-bond acceptors (Lipinski definition) is 4. The Morgan fingerprint density at radius 1 is 1.16 bits per heavy atom. The number of carbonyl (C=O) groups is 1. The van der Waals surface area contributed by atoms with Crippen molar-refractivity contribution in [3.8, 4) is 17.2 Å². The van der Waals surface area contributed by atoms with Gasteiger partial charge in [-0.15, -0.1) is 0 Å². The van der Waals surface area contributed by atoms with Crippen molar-refractivity contribution in [2.24, 2.45) is 5.92 Å². The lowest BCUT2D eigenvalue weighted by Gasteiger charge is -2.12. The van der Waals surface area contributed by atoms with Gasteiger partial charge in [-0.05, 0) is 48.2 Å². The Morgan fingerprint density at radius 3 is 2.60 bits per heavy atom. The van der Waals surface area contributed by atoms with Crippen LogP contribution >= 0.6 is 0 Å². The number of hydrogen-bond donors (Lipinski definition) is 1. The molecule has 4 nitrogen and oxygen atoms in total. The third-order valence-corrected chi connectivity index (χ3v) is 3.74. The van der Waals surface area contributed by atoms with Crippen LogP contribution in [0.15, 0.2) is 48.5 Å². The molecule has 0 spiro atoms. The fraction of sp³-hybridized carbons (Fsp3) is 0.286. The number of rotatable bonds is 8. The average molecular weight is 340 g/mol. The van der Waals surface area contributed by atoms with E-state index in [4.69, 9.17) is 9.47 Å². The molecule has 0 heterocycles. The molecule has 0 aliphatic rings. The number of aromatic hydroxyl groups is 1. The first-order valence-electron chi connectivity index (χ1n) is 8.32. The van der Waals surface area contributed by atoms with Crippen LogP contribution < -0.4 is 9.47 Å². The van der Waals surface area contributed by atoms with Crippen molar-refractivity contribution in [2.45, 2.75) is 20.3 Å². The minimum atomic E-state index is -0.255. The molecule has 0 fully saturated rings. The van der Waals surface area contributed by atoms with E-state index in [0.29, 0.717) is 24.0 Å². The van der Waals surface area contributed by atoms with Gasteiger partial charge >= 0.3 is 0 Å². The third-order valence-electron chi connectivity index (χ3n) is 3.74. The minimum Gasteiger partial charge on any atom is -0.507 e. The molecule has 0 bridgehead atoms. The zero-order valence-electron chi connectivity index (χ0n) is 14.9. The molecule has 2 aromatic rings. The highest BCUT2D eigenvalue weighted by Crippen LogP contribution is 2.29. The van der Waals surface area contributed by atoms with Gasteiger partial charge in [-0.2, -0.15) is 0 Å². The first-order valence-corrected chi connectivity index (χ1v) is 8.32. The van der Waals surface area contributed by atoms with E-state index in [1.165, 1.54) is 12.1 Å². The van der Waals surface area contributed by atoms with Gasteiger partial charge in [-0.1, -0.05) is 38.1 Å². The van der Waals surface area contributed by atoms with E-state index in [2.05, 4.69) is 13.8 Å². The average Bonchev–Trinajstić information content (AvgIpc) is 2.60. The number of methoxy groups -OCH3 is 1. The van der Waals surface area contributed by atoms with E-state index in [1.54, 1.807) is 31.4 Å². The Balaban J connectivity index is 2.09. The van der Waals surface area contributed by atoms with Gasteiger partial charge in [0.2, 0.25) is 0 Å². The van der Waals surface area contributed by atoms with E-state index in [-0.39, 0.29) is 17.1 Å². The van der Waals surface area contributed by atoms with Gasteiger partial charge in [0.25, 0.3) is 0 Å². The number of para-hydroxylation sites is 1. The zero-order valence-corrected chi connectivity index (χ0v) is 14.9. The van der Waals surface area contributed by atoms with Crippen molar-refractivity contribution >= 4 is 11.9 Å². The van der Waals surface area contributed by atoms with Crippen LogP contribution in [0.25, 0.3) is 6.08 Å². The summed E-state index contributed by atoms with van der Waals surface area (Å²) in [6, 6.07) is 12.0. The summed E-state index contributed by atoms with van der Waals surface area (Å²) in [4.78, 5) is 12.2. The van der Waals surface area contributed by atoms with Crippen LogP contribution in [0, 0.1) is 5.92 Å². The SMILES string of the molecule is COc1cc(C=CC(=O)c2ccccc2O)ccc1OCCC(C)C. The van der Waals surface area contributed by atoms with Gasteiger partial charge in [-0.25, -0.2) is 0 Å². The topological polar surface area (TPSA) is 55.8 Å². The molecule has 0 unspecified atom stereocenters. The normalized spacial score (nSPS) is 11.0. The van der Waals surface area contributed by atoms with Crippen molar-refractivity contribution < 1.29 is 19.4 Å². The van der Waals surface area contributed by atoms with Gasteiger partial charge in [0.05, 0.1) is 19.3 Å². The molecule has 0 amide bonds. The minimum absolute atomic E-state index is 0.0244. The lowest BCUT2D eigenvalue weighted by Crippen LogP contribution is -2.02. The summed E-state index contributed by atoms with van der Waals surface area (Å²) in [6.45, 7) is 4.93. The van der Waals surface area contributed by atoms with Crippen LogP contribution in [0.4, 0.5) is 0 Å². The fourth-order valence-corrected chi connectivity index (χ4v) is 2.26. The smallest absolute Gasteiger partial charge is 0.189 e. The highest BCUT2D eigenvalue weighted by Gasteiger charge is 2.08. The molecule has 0 aliphatic heterocycles. The number of ketones is 1. The second-order valence-corrected chi connectivity index (χ2v) is 6.16. The Bertz CT molecular complexity index is 747. The van der Waals surface area contributed by atoms with E-state index in [0.717, 1.165) is 12.0 Å². The molecular weight excluding hydrogens is 316 g/mol. The zero-order chi connectivity index (χ0) is 18.2. The summed E-state index contributed by atoms with van der Waals surface area (Å²) in [5.74, 6) is 1.61. The molecule has 132 valence electrons. The Morgan fingerprint density at radius 2 is 1.92 bits per heavy atom. The quantitative estimate of drug-likeness (QED) is 0.558. The number of carbonyl (C=O) groups excluding carboxylic acids is 1. The van der Waals surface area contributed by atoms with Gasteiger partial charge < -0.3 is 14.6 Å². The maximum absolute atomic E-state index is 12.2. The molecule has 0 aliphatic carbocycles. The van der Waals surface area contributed by atoms with Crippen molar-refractivity contribution in [3.05, 3.63) is 59.7 Å². The van der Waals surface area contributed by atoms with Crippen LogP contribution in [0.2, 0.25) is 0 Å². The van der Waals surface area contributed by atoms with Crippen LogP contribution in [-0.4, -0.2) is 24.6 Å². The predicted octanol–water partition coefficient (Wildman–Crippen LogP) is 4.72. The summed E-state index contributed by atoms with van der Waals surface area (Å²) in [5.41, 5.74) is 1.09. The van der Waals surface area contributed by atoms with Crippen LogP contribution in [0.5, 0.6) is 17.2 Å². The second kappa shape index (κ2) is 8.92. The summed E-state index contributed by atoms with van der Waals surface area (Å²) in [5, 5.41) is 9.73. The lowest BCUT2D eigenvalue weighted by atomic mass is 10.1. The van der Waals surface area contributed by atoms with Crippen LogP contribution in [0.1, 0.15) is 36.2 Å². The lowest BCUT2D eigenvalue weighted by molar-refractivity contribution is 0.104. The molecule has 0 saturated heterocycles. The molecule has 0 aromatic heterocycles. The van der Waals surface area contributed by atoms with Crippen molar-refractivity contribution in [1.82, 2.24) is 0 Å². The number of allylic oxidation sites excluding steroid dienone is 1. The molecular formula is C21H24O4. The summed E-state index contributed by atoms with van der Waals surface area (Å²) < 4.78 is 11.1. The van der Waals surface area contributed by atoms with Gasteiger partial charge in [0, 0.05) is 0 Å². The molecule has 4 heteroatoms. The number of benzene rings is 2. The van der Waals surface area contributed by atoms with Crippen LogP contribution in [0.3, 0.4) is 0 Å². The predicted molar refractivity (Wildman–Crippen MR) is 99.4 cm³/mol. The molecule has 2 aromatic carbocycles. The summed E-state index contributed by atoms with van der Waals surface area (Å²) in [6.07, 6.45) is 4.10. The van der Waals surface area contributed by atoms with Crippen molar-refractivity contribution in [1.29, 1.82) is 0 Å². The molecule has 0 radical (unpaired) electrons.